The molecule has 0 aliphatic carbocycles. The third-order valence-electron chi connectivity index (χ3n) is 3.39. The summed E-state index contributed by atoms with van der Waals surface area (Å²) in [5.74, 6) is -0.869. The lowest BCUT2D eigenvalue weighted by Crippen LogP contribution is -2.65. The molecule has 0 bridgehead atoms. The van der Waals surface area contributed by atoms with Crippen molar-refractivity contribution in [3.63, 3.8) is 0 Å². The highest BCUT2D eigenvalue weighted by Gasteiger charge is 2.42. The van der Waals surface area contributed by atoms with Crippen LogP contribution < -0.4 is 0 Å². The number of carboxylic acids is 1. The van der Waals surface area contributed by atoms with Crippen LogP contribution in [0.1, 0.15) is 26.7 Å². The van der Waals surface area contributed by atoms with Gasteiger partial charge in [0.15, 0.2) is 0 Å². The number of aliphatic carboxylic acids is 1. The molecule has 1 rings (SSSR count). The van der Waals surface area contributed by atoms with Gasteiger partial charge in [-0.3, -0.25) is 14.5 Å². The Labute approximate surface area is 108 Å². The molecule has 5 heteroatoms. The van der Waals surface area contributed by atoms with Gasteiger partial charge in [-0.2, -0.15) is 0 Å². The zero-order valence-corrected chi connectivity index (χ0v) is 11.3. The third-order valence-corrected chi connectivity index (χ3v) is 3.39. The average Bonchev–Trinajstić information content (AvgIpc) is 2.22. The summed E-state index contributed by atoms with van der Waals surface area (Å²) < 4.78 is 0. The van der Waals surface area contributed by atoms with E-state index in [1.165, 1.54) is 0 Å². The van der Waals surface area contributed by atoms with Crippen molar-refractivity contribution in [2.24, 2.45) is 0 Å². The van der Waals surface area contributed by atoms with E-state index in [-0.39, 0.29) is 23.9 Å². The van der Waals surface area contributed by atoms with E-state index in [4.69, 9.17) is 5.11 Å². The van der Waals surface area contributed by atoms with E-state index in [1.807, 2.05) is 25.8 Å². The molecule has 0 aromatic carbocycles. The number of carboxylic acid groups (broad SMARTS) is 1. The van der Waals surface area contributed by atoms with E-state index in [0.29, 0.717) is 13.0 Å². The van der Waals surface area contributed by atoms with Gasteiger partial charge in [-0.15, -0.1) is 6.58 Å². The zero-order valence-electron chi connectivity index (χ0n) is 11.3. The molecule has 1 saturated heterocycles. The van der Waals surface area contributed by atoms with Crippen molar-refractivity contribution in [1.82, 2.24) is 9.80 Å². The highest BCUT2D eigenvalue weighted by Crippen LogP contribution is 2.26. The van der Waals surface area contributed by atoms with Crippen LogP contribution in [0.4, 0.5) is 0 Å². The minimum absolute atomic E-state index is 0.00472. The largest absolute Gasteiger partial charge is 0.481 e. The Morgan fingerprint density at radius 1 is 1.61 bits per heavy atom. The lowest BCUT2D eigenvalue weighted by molar-refractivity contribution is -0.150. The number of likely N-dealkylation sites (N-methyl/N-ethyl adjacent to an activating group) is 1. The average molecular weight is 254 g/mol. The summed E-state index contributed by atoms with van der Waals surface area (Å²) in [4.78, 5) is 26.8. The van der Waals surface area contributed by atoms with Crippen LogP contribution in [-0.2, 0) is 9.59 Å². The number of carbonyl (C=O) groups is 2. The zero-order chi connectivity index (χ0) is 13.9. The summed E-state index contributed by atoms with van der Waals surface area (Å²) in [6.07, 6.45) is 2.08. The first-order chi connectivity index (χ1) is 8.29. The minimum atomic E-state index is -0.865. The van der Waals surface area contributed by atoms with E-state index in [9.17, 15) is 9.59 Å². The van der Waals surface area contributed by atoms with Gasteiger partial charge in [-0.05, 0) is 27.3 Å². The molecule has 18 heavy (non-hydrogen) atoms. The quantitative estimate of drug-likeness (QED) is 0.742. The highest BCUT2D eigenvalue weighted by atomic mass is 16.4. The summed E-state index contributed by atoms with van der Waals surface area (Å²) in [6.45, 7) is 8.93. The molecular weight excluding hydrogens is 232 g/mol. The fourth-order valence-corrected chi connectivity index (χ4v) is 2.54. The number of hydrogen-bond donors (Lipinski definition) is 1. The number of carbonyl (C=O) groups excluding carboxylic acids is 1. The number of rotatable bonds is 5. The summed E-state index contributed by atoms with van der Waals surface area (Å²) in [5, 5.41) is 8.73. The van der Waals surface area contributed by atoms with Gasteiger partial charge in [0.2, 0.25) is 5.91 Å². The van der Waals surface area contributed by atoms with Crippen molar-refractivity contribution in [3.05, 3.63) is 12.7 Å². The van der Waals surface area contributed by atoms with Crippen LogP contribution in [0, 0.1) is 0 Å². The number of hydrogen-bond acceptors (Lipinski definition) is 3. The van der Waals surface area contributed by atoms with E-state index < -0.39 is 5.97 Å². The Morgan fingerprint density at radius 3 is 2.72 bits per heavy atom. The van der Waals surface area contributed by atoms with Crippen LogP contribution in [0.15, 0.2) is 12.7 Å². The maximum atomic E-state index is 12.4. The molecule has 1 heterocycles. The van der Waals surface area contributed by atoms with Gasteiger partial charge in [0.25, 0.3) is 0 Å². The predicted octanol–water partition coefficient (Wildman–Crippen LogP) is 0.958. The fourth-order valence-electron chi connectivity index (χ4n) is 2.54. The van der Waals surface area contributed by atoms with Crippen molar-refractivity contribution in [2.75, 3.05) is 20.1 Å². The van der Waals surface area contributed by atoms with Crippen molar-refractivity contribution in [1.29, 1.82) is 0 Å². The summed E-state index contributed by atoms with van der Waals surface area (Å²) in [6, 6.07) is -0.339. The summed E-state index contributed by atoms with van der Waals surface area (Å²) >= 11 is 0. The van der Waals surface area contributed by atoms with Crippen LogP contribution in [0.3, 0.4) is 0 Å². The molecule has 102 valence electrons. The third kappa shape index (κ3) is 3.10. The minimum Gasteiger partial charge on any atom is -0.481 e. The second-order valence-electron chi connectivity index (χ2n) is 5.41. The maximum absolute atomic E-state index is 12.4. The van der Waals surface area contributed by atoms with E-state index in [2.05, 4.69) is 6.58 Å². The molecule has 0 aromatic heterocycles. The van der Waals surface area contributed by atoms with Crippen LogP contribution >= 0.6 is 0 Å². The van der Waals surface area contributed by atoms with E-state index in [1.54, 1.807) is 11.0 Å². The lowest BCUT2D eigenvalue weighted by Gasteiger charge is -2.49. The van der Waals surface area contributed by atoms with E-state index >= 15 is 0 Å². The standard InChI is InChI=1S/C13H22N2O3/c1-5-8-15-12(18)10(6-7-11(16)17)14(4)9-13(15,2)3/h5,10H,1,6-9H2,2-4H3,(H,16,17). The van der Waals surface area contributed by atoms with Gasteiger partial charge in [0.1, 0.15) is 0 Å². The van der Waals surface area contributed by atoms with Gasteiger partial charge in [0, 0.05) is 19.5 Å². The molecule has 1 amide bonds. The second kappa shape index (κ2) is 5.52. The van der Waals surface area contributed by atoms with Crippen molar-refractivity contribution >= 4 is 11.9 Å². The molecule has 0 spiro atoms. The molecule has 5 nitrogen and oxygen atoms in total. The molecule has 0 saturated carbocycles. The van der Waals surface area contributed by atoms with E-state index in [0.717, 1.165) is 6.54 Å². The van der Waals surface area contributed by atoms with Gasteiger partial charge in [-0.1, -0.05) is 6.08 Å². The first kappa shape index (κ1) is 14.7. The van der Waals surface area contributed by atoms with Gasteiger partial charge >= 0.3 is 5.97 Å². The lowest BCUT2D eigenvalue weighted by atomic mass is 9.93. The Hall–Kier alpha value is -1.36. The van der Waals surface area contributed by atoms with Crippen molar-refractivity contribution in [2.45, 2.75) is 38.3 Å². The Kier molecular flexibility index (Phi) is 4.51. The number of amides is 1. The Morgan fingerprint density at radius 2 is 2.22 bits per heavy atom. The fraction of sp³-hybridized carbons (Fsp3) is 0.692. The highest BCUT2D eigenvalue weighted by molar-refractivity contribution is 5.84. The van der Waals surface area contributed by atoms with Gasteiger partial charge < -0.3 is 10.0 Å². The molecule has 1 N–H and O–H groups in total. The van der Waals surface area contributed by atoms with Crippen LogP contribution in [-0.4, -0.2) is 58.5 Å². The molecule has 0 radical (unpaired) electrons. The monoisotopic (exact) mass is 254 g/mol. The second-order valence-corrected chi connectivity index (χ2v) is 5.41. The van der Waals surface area contributed by atoms with Crippen molar-refractivity contribution < 1.29 is 14.7 Å². The normalized spacial score (nSPS) is 24.1. The van der Waals surface area contributed by atoms with Crippen molar-refractivity contribution in [3.8, 4) is 0 Å². The molecule has 1 atom stereocenters. The molecule has 1 aliphatic heterocycles. The predicted molar refractivity (Wildman–Crippen MR) is 69.3 cm³/mol. The smallest absolute Gasteiger partial charge is 0.303 e. The van der Waals surface area contributed by atoms with Crippen LogP contribution in [0.25, 0.3) is 0 Å². The first-order valence-corrected chi connectivity index (χ1v) is 6.14. The number of piperazine rings is 1. The van der Waals surface area contributed by atoms with Gasteiger partial charge in [-0.25, -0.2) is 0 Å². The SMILES string of the molecule is C=CCN1C(=O)C(CCC(=O)O)N(C)CC1(C)C. The Balaban J connectivity index is 2.84. The molecule has 1 aliphatic rings. The van der Waals surface area contributed by atoms with Crippen LogP contribution in [0.2, 0.25) is 0 Å². The topological polar surface area (TPSA) is 60.9 Å². The number of nitrogens with zero attached hydrogens (tertiary/aromatic N) is 2. The first-order valence-electron chi connectivity index (χ1n) is 6.14. The molecule has 1 unspecified atom stereocenters. The maximum Gasteiger partial charge on any atom is 0.303 e. The summed E-state index contributed by atoms with van der Waals surface area (Å²) in [7, 11) is 1.87. The molecule has 0 aromatic rings. The summed E-state index contributed by atoms with van der Waals surface area (Å²) in [5.41, 5.74) is -0.250. The Bertz CT molecular complexity index is 352. The van der Waals surface area contributed by atoms with Crippen LogP contribution in [0.5, 0.6) is 0 Å². The van der Waals surface area contributed by atoms with Gasteiger partial charge in [0.05, 0.1) is 11.6 Å². The molecule has 1 fully saturated rings. The molecular formula is C13H22N2O3.